The van der Waals surface area contributed by atoms with Crippen molar-refractivity contribution in [3.63, 3.8) is 0 Å². The molecule has 0 N–H and O–H groups in total. The summed E-state index contributed by atoms with van der Waals surface area (Å²) in [5, 5.41) is 0. The Balaban J connectivity index is 0.000000180. The standard InChI is InChI=1S/C6H12.C4H10/c1-4-5(2)6(4)3;1-4(2)3/h4-6H,1-3H3;4H,1-3H3. The molecule has 0 aromatic rings. The molecule has 1 saturated carbocycles. The molecule has 10 heavy (non-hydrogen) atoms. The molecule has 0 aliphatic heterocycles. The van der Waals surface area contributed by atoms with Gasteiger partial charge in [0.1, 0.15) is 0 Å². The smallest absolute Gasteiger partial charge is 0.0386 e. The summed E-state index contributed by atoms with van der Waals surface area (Å²) < 4.78 is 0. The first-order valence-electron chi connectivity index (χ1n) is 4.46. The second kappa shape index (κ2) is 4.00. The van der Waals surface area contributed by atoms with Gasteiger partial charge in [0.05, 0.1) is 0 Å². The van der Waals surface area contributed by atoms with Gasteiger partial charge in [-0.05, 0) is 23.7 Å². The molecule has 0 atom stereocenters. The lowest BCUT2D eigenvalue weighted by molar-refractivity contribution is 0.737. The summed E-state index contributed by atoms with van der Waals surface area (Å²) in [4.78, 5) is 0. The Kier molecular flexibility index (Phi) is 4.00. The summed E-state index contributed by atoms with van der Waals surface area (Å²) in [7, 11) is 0. The molecule has 0 nitrogen and oxygen atoms in total. The predicted octanol–water partition coefficient (Wildman–Crippen LogP) is 3.57. The number of hydrogen-bond acceptors (Lipinski definition) is 0. The summed E-state index contributed by atoms with van der Waals surface area (Å²) in [5.41, 5.74) is 0. The van der Waals surface area contributed by atoms with E-state index in [1.54, 1.807) is 0 Å². The Hall–Kier alpha value is 0. The molecule has 0 heterocycles. The maximum Gasteiger partial charge on any atom is -0.0386 e. The van der Waals surface area contributed by atoms with Crippen LogP contribution < -0.4 is 0 Å². The highest BCUT2D eigenvalue weighted by Gasteiger charge is 2.37. The van der Waals surface area contributed by atoms with Gasteiger partial charge in [-0.2, -0.15) is 0 Å². The van der Waals surface area contributed by atoms with Gasteiger partial charge in [-0.15, -0.1) is 0 Å². The molecular formula is C10H22. The summed E-state index contributed by atoms with van der Waals surface area (Å²) in [6, 6.07) is 0. The molecule has 0 amide bonds. The van der Waals surface area contributed by atoms with Crippen LogP contribution in [0.5, 0.6) is 0 Å². The highest BCUT2D eigenvalue weighted by molar-refractivity contribution is 4.86. The lowest BCUT2D eigenvalue weighted by Gasteiger charge is -1.79. The zero-order valence-electron chi connectivity index (χ0n) is 8.31. The second-order valence-electron chi connectivity index (χ2n) is 4.31. The van der Waals surface area contributed by atoms with Gasteiger partial charge in [0, 0.05) is 0 Å². The lowest BCUT2D eigenvalue weighted by Crippen LogP contribution is -1.66. The first-order valence-corrected chi connectivity index (χ1v) is 4.46. The monoisotopic (exact) mass is 142 g/mol. The molecule has 1 rings (SSSR count). The Labute approximate surface area is 66.0 Å². The van der Waals surface area contributed by atoms with Crippen LogP contribution >= 0.6 is 0 Å². The third-order valence-corrected chi connectivity index (χ3v) is 2.35. The second-order valence-corrected chi connectivity index (χ2v) is 4.31. The minimum absolute atomic E-state index is 0.833. The fourth-order valence-electron chi connectivity index (χ4n) is 0.911. The molecule has 62 valence electrons. The van der Waals surface area contributed by atoms with Crippen molar-refractivity contribution in [1.82, 2.24) is 0 Å². The SMILES string of the molecule is CC(C)C.CC1C(C)C1C. The molecule has 1 aliphatic carbocycles. The Bertz CT molecular complexity index is 61.0. The quantitative estimate of drug-likeness (QED) is 0.485. The topological polar surface area (TPSA) is 0 Å². The van der Waals surface area contributed by atoms with Gasteiger partial charge >= 0.3 is 0 Å². The van der Waals surface area contributed by atoms with Crippen LogP contribution in [0.4, 0.5) is 0 Å². The van der Waals surface area contributed by atoms with Crippen LogP contribution in [0.25, 0.3) is 0 Å². The van der Waals surface area contributed by atoms with Gasteiger partial charge in [-0.3, -0.25) is 0 Å². The fraction of sp³-hybridized carbons (Fsp3) is 1.00. The average Bonchev–Trinajstić information content (AvgIpc) is 2.23. The first-order chi connectivity index (χ1) is 4.46. The van der Waals surface area contributed by atoms with Crippen LogP contribution in [0, 0.1) is 23.7 Å². The highest BCUT2D eigenvalue weighted by Crippen LogP contribution is 2.44. The van der Waals surface area contributed by atoms with Crippen LogP contribution in [0.15, 0.2) is 0 Å². The summed E-state index contributed by atoms with van der Waals surface area (Å²) in [6.45, 7) is 13.4. The third kappa shape index (κ3) is 3.92. The van der Waals surface area contributed by atoms with Crippen molar-refractivity contribution in [2.24, 2.45) is 23.7 Å². The molecule has 0 spiro atoms. The molecule has 0 aromatic heterocycles. The van der Waals surface area contributed by atoms with Crippen molar-refractivity contribution in [1.29, 1.82) is 0 Å². The Morgan fingerprint density at radius 3 is 0.800 bits per heavy atom. The fourth-order valence-corrected chi connectivity index (χ4v) is 0.911. The zero-order chi connectivity index (χ0) is 8.31. The molecule has 1 aliphatic rings. The summed E-state index contributed by atoms with van der Waals surface area (Å²) in [5.74, 6) is 3.89. The van der Waals surface area contributed by atoms with Gasteiger partial charge in [-0.1, -0.05) is 41.5 Å². The van der Waals surface area contributed by atoms with E-state index in [-0.39, 0.29) is 0 Å². The molecule has 0 saturated heterocycles. The maximum absolute atomic E-state index is 2.31. The van der Waals surface area contributed by atoms with Crippen molar-refractivity contribution in [3.05, 3.63) is 0 Å². The lowest BCUT2D eigenvalue weighted by atomic mass is 10.3. The van der Waals surface area contributed by atoms with E-state index in [1.165, 1.54) is 0 Å². The van der Waals surface area contributed by atoms with Crippen LogP contribution in [0.3, 0.4) is 0 Å². The maximum atomic E-state index is 2.31. The molecule has 0 aromatic carbocycles. The van der Waals surface area contributed by atoms with Crippen LogP contribution in [0.1, 0.15) is 41.5 Å². The van der Waals surface area contributed by atoms with Crippen molar-refractivity contribution >= 4 is 0 Å². The van der Waals surface area contributed by atoms with Crippen molar-refractivity contribution in [2.75, 3.05) is 0 Å². The summed E-state index contributed by atoms with van der Waals surface area (Å²) in [6.07, 6.45) is 0. The van der Waals surface area contributed by atoms with Crippen LogP contribution in [-0.2, 0) is 0 Å². The van der Waals surface area contributed by atoms with E-state index in [0.29, 0.717) is 0 Å². The Morgan fingerprint density at radius 1 is 0.700 bits per heavy atom. The van der Waals surface area contributed by atoms with Crippen molar-refractivity contribution < 1.29 is 0 Å². The molecule has 0 unspecified atom stereocenters. The molecular weight excluding hydrogens is 120 g/mol. The highest BCUT2D eigenvalue weighted by atomic mass is 14.4. The average molecular weight is 142 g/mol. The zero-order valence-corrected chi connectivity index (χ0v) is 8.31. The number of hydrogen-bond donors (Lipinski definition) is 0. The van der Waals surface area contributed by atoms with Crippen molar-refractivity contribution in [2.45, 2.75) is 41.5 Å². The predicted molar refractivity (Wildman–Crippen MR) is 48.0 cm³/mol. The van der Waals surface area contributed by atoms with E-state index in [2.05, 4.69) is 41.5 Å². The van der Waals surface area contributed by atoms with Gasteiger partial charge in [0.25, 0.3) is 0 Å². The minimum atomic E-state index is 0.833. The van der Waals surface area contributed by atoms with E-state index in [0.717, 1.165) is 23.7 Å². The third-order valence-electron chi connectivity index (χ3n) is 2.35. The van der Waals surface area contributed by atoms with E-state index >= 15 is 0 Å². The van der Waals surface area contributed by atoms with E-state index in [9.17, 15) is 0 Å². The van der Waals surface area contributed by atoms with Gasteiger partial charge < -0.3 is 0 Å². The molecule has 0 radical (unpaired) electrons. The minimum Gasteiger partial charge on any atom is -0.0630 e. The molecule has 0 heteroatoms. The van der Waals surface area contributed by atoms with Crippen molar-refractivity contribution in [3.8, 4) is 0 Å². The van der Waals surface area contributed by atoms with E-state index in [4.69, 9.17) is 0 Å². The van der Waals surface area contributed by atoms with E-state index < -0.39 is 0 Å². The van der Waals surface area contributed by atoms with Gasteiger partial charge in [0.2, 0.25) is 0 Å². The largest absolute Gasteiger partial charge is 0.0630 e. The first kappa shape index (κ1) is 10.0. The Morgan fingerprint density at radius 2 is 0.800 bits per heavy atom. The number of rotatable bonds is 0. The summed E-state index contributed by atoms with van der Waals surface area (Å²) >= 11 is 0. The molecule has 0 bridgehead atoms. The van der Waals surface area contributed by atoms with Gasteiger partial charge in [0.15, 0.2) is 0 Å². The van der Waals surface area contributed by atoms with Crippen LogP contribution in [-0.4, -0.2) is 0 Å². The van der Waals surface area contributed by atoms with Gasteiger partial charge in [-0.25, -0.2) is 0 Å². The normalized spacial score (nSPS) is 36.9. The van der Waals surface area contributed by atoms with E-state index in [1.807, 2.05) is 0 Å². The molecule has 1 fully saturated rings. The van der Waals surface area contributed by atoms with Crippen LogP contribution in [0.2, 0.25) is 0 Å².